The molecule has 2 rings (SSSR count). The second-order valence-corrected chi connectivity index (χ2v) is 4.41. The van der Waals surface area contributed by atoms with Crippen molar-refractivity contribution >= 4 is 11.4 Å². The Morgan fingerprint density at radius 1 is 1.00 bits per heavy atom. The summed E-state index contributed by atoms with van der Waals surface area (Å²) < 4.78 is 0. The normalized spacial score (nSPS) is 10.3. The summed E-state index contributed by atoms with van der Waals surface area (Å²) in [6, 6.07) is 18.7. The number of anilines is 2. The molecule has 0 amide bonds. The lowest BCUT2D eigenvalue weighted by Crippen LogP contribution is -2.25. The number of hydrogen-bond acceptors (Lipinski definition) is 2. The molecule has 0 heterocycles. The second-order valence-electron chi connectivity index (χ2n) is 4.41. The van der Waals surface area contributed by atoms with E-state index in [2.05, 4.69) is 48.2 Å². The van der Waals surface area contributed by atoms with Crippen molar-refractivity contribution in [3.63, 3.8) is 0 Å². The molecule has 2 N–H and O–H groups in total. The second kappa shape index (κ2) is 6.10. The van der Waals surface area contributed by atoms with Gasteiger partial charge in [-0.05, 0) is 37.1 Å². The topological polar surface area (TPSA) is 29.3 Å². The highest BCUT2D eigenvalue weighted by molar-refractivity contribution is 5.55. The van der Waals surface area contributed by atoms with Gasteiger partial charge in [-0.15, -0.1) is 0 Å². The molecule has 0 atom stereocenters. The van der Waals surface area contributed by atoms with Crippen LogP contribution in [0.2, 0.25) is 0 Å². The zero-order valence-electron chi connectivity index (χ0n) is 10.8. The van der Waals surface area contributed by atoms with Crippen molar-refractivity contribution in [2.75, 3.05) is 23.7 Å². The van der Waals surface area contributed by atoms with Gasteiger partial charge < -0.3 is 10.6 Å². The maximum Gasteiger partial charge on any atom is 0.0386 e. The van der Waals surface area contributed by atoms with Crippen LogP contribution in [0.25, 0.3) is 0 Å². The number of nitrogens with zero attached hydrogens (tertiary/aromatic N) is 1. The summed E-state index contributed by atoms with van der Waals surface area (Å²) in [6.07, 6.45) is 1.06. The Morgan fingerprint density at radius 2 is 1.78 bits per heavy atom. The van der Waals surface area contributed by atoms with Crippen LogP contribution in [-0.4, -0.2) is 13.1 Å². The van der Waals surface area contributed by atoms with Crippen LogP contribution in [0.15, 0.2) is 54.6 Å². The average Bonchev–Trinajstić information content (AvgIpc) is 2.41. The third kappa shape index (κ3) is 3.27. The Morgan fingerprint density at radius 3 is 2.44 bits per heavy atom. The molecule has 18 heavy (non-hydrogen) atoms. The van der Waals surface area contributed by atoms with Crippen LogP contribution in [0.1, 0.15) is 12.5 Å². The first-order valence-corrected chi connectivity index (χ1v) is 6.44. The fourth-order valence-electron chi connectivity index (χ4n) is 2.10. The third-order valence-electron chi connectivity index (χ3n) is 3.13. The van der Waals surface area contributed by atoms with Crippen molar-refractivity contribution in [2.45, 2.75) is 13.3 Å². The SMILES string of the molecule is CCN(CCc1ccccc1)c1cccc(N)c1. The maximum absolute atomic E-state index is 5.83. The number of nitrogen functional groups attached to an aromatic ring is 1. The summed E-state index contributed by atoms with van der Waals surface area (Å²) in [7, 11) is 0. The molecule has 0 aliphatic rings. The molecule has 0 aromatic heterocycles. The van der Waals surface area contributed by atoms with E-state index in [-0.39, 0.29) is 0 Å². The van der Waals surface area contributed by atoms with E-state index < -0.39 is 0 Å². The average molecular weight is 240 g/mol. The van der Waals surface area contributed by atoms with Gasteiger partial charge in [-0.3, -0.25) is 0 Å². The van der Waals surface area contributed by atoms with Gasteiger partial charge in [0.1, 0.15) is 0 Å². The van der Waals surface area contributed by atoms with Gasteiger partial charge in [-0.25, -0.2) is 0 Å². The first-order valence-electron chi connectivity index (χ1n) is 6.44. The van der Waals surface area contributed by atoms with Gasteiger partial charge in [0.25, 0.3) is 0 Å². The van der Waals surface area contributed by atoms with Gasteiger partial charge in [-0.1, -0.05) is 36.4 Å². The highest BCUT2D eigenvalue weighted by Gasteiger charge is 2.04. The minimum absolute atomic E-state index is 0.825. The fourth-order valence-corrected chi connectivity index (χ4v) is 2.10. The highest BCUT2D eigenvalue weighted by atomic mass is 15.1. The number of rotatable bonds is 5. The van der Waals surface area contributed by atoms with E-state index in [1.165, 1.54) is 11.3 Å². The van der Waals surface area contributed by atoms with Crippen LogP contribution in [0.3, 0.4) is 0 Å². The number of benzene rings is 2. The van der Waals surface area contributed by atoms with E-state index in [1.54, 1.807) is 0 Å². The van der Waals surface area contributed by atoms with Gasteiger partial charge in [0.15, 0.2) is 0 Å². The Bertz CT molecular complexity index is 479. The third-order valence-corrected chi connectivity index (χ3v) is 3.13. The quantitative estimate of drug-likeness (QED) is 0.812. The van der Waals surface area contributed by atoms with Crippen molar-refractivity contribution in [1.29, 1.82) is 0 Å². The van der Waals surface area contributed by atoms with Gasteiger partial charge in [-0.2, -0.15) is 0 Å². The summed E-state index contributed by atoms with van der Waals surface area (Å²) >= 11 is 0. The van der Waals surface area contributed by atoms with E-state index >= 15 is 0 Å². The molecule has 2 aromatic rings. The summed E-state index contributed by atoms with van der Waals surface area (Å²) in [4.78, 5) is 2.35. The van der Waals surface area contributed by atoms with Crippen molar-refractivity contribution in [3.8, 4) is 0 Å². The summed E-state index contributed by atoms with van der Waals surface area (Å²) in [5.41, 5.74) is 9.23. The van der Waals surface area contributed by atoms with Crippen LogP contribution >= 0.6 is 0 Å². The molecule has 0 bridgehead atoms. The summed E-state index contributed by atoms with van der Waals surface area (Å²) in [6.45, 7) is 4.19. The fraction of sp³-hybridized carbons (Fsp3) is 0.250. The first kappa shape index (κ1) is 12.5. The van der Waals surface area contributed by atoms with Gasteiger partial charge in [0.2, 0.25) is 0 Å². The number of likely N-dealkylation sites (N-methyl/N-ethyl adjacent to an activating group) is 1. The summed E-state index contributed by atoms with van der Waals surface area (Å²) in [5, 5.41) is 0. The highest BCUT2D eigenvalue weighted by Crippen LogP contribution is 2.17. The molecular weight excluding hydrogens is 220 g/mol. The lowest BCUT2D eigenvalue weighted by atomic mass is 10.1. The zero-order valence-corrected chi connectivity index (χ0v) is 10.8. The van der Waals surface area contributed by atoms with Crippen LogP contribution in [0.4, 0.5) is 11.4 Å². The van der Waals surface area contributed by atoms with Crippen LogP contribution in [-0.2, 0) is 6.42 Å². The Hall–Kier alpha value is -1.96. The maximum atomic E-state index is 5.83. The summed E-state index contributed by atoms with van der Waals surface area (Å²) in [5.74, 6) is 0. The molecule has 0 spiro atoms. The predicted molar refractivity (Wildman–Crippen MR) is 78.9 cm³/mol. The Kier molecular flexibility index (Phi) is 4.24. The van der Waals surface area contributed by atoms with Gasteiger partial charge in [0.05, 0.1) is 0 Å². The van der Waals surface area contributed by atoms with Crippen molar-refractivity contribution < 1.29 is 0 Å². The predicted octanol–water partition coefficient (Wildman–Crippen LogP) is 3.34. The molecular formula is C16H20N2. The van der Waals surface area contributed by atoms with Crippen molar-refractivity contribution in [1.82, 2.24) is 0 Å². The number of nitrogens with two attached hydrogens (primary N) is 1. The molecule has 0 saturated heterocycles. The van der Waals surface area contributed by atoms with E-state index in [9.17, 15) is 0 Å². The molecule has 94 valence electrons. The molecule has 2 heteroatoms. The van der Waals surface area contributed by atoms with Crippen molar-refractivity contribution in [3.05, 3.63) is 60.2 Å². The van der Waals surface area contributed by atoms with E-state index in [4.69, 9.17) is 5.73 Å². The van der Waals surface area contributed by atoms with E-state index in [1.807, 2.05) is 18.2 Å². The molecule has 0 saturated carbocycles. The molecule has 0 fully saturated rings. The molecule has 0 aliphatic heterocycles. The minimum Gasteiger partial charge on any atom is -0.399 e. The zero-order chi connectivity index (χ0) is 12.8. The van der Waals surface area contributed by atoms with Crippen molar-refractivity contribution in [2.24, 2.45) is 0 Å². The standard InChI is InChI=1S/C16H20N2/c1-2-18(16-10-6-9-15(17)13-16)12-11-14-7-4-3-5-8-14/h3-10,13H,2,11-12,17H2,1H3. The smallest absolute Gasteiger partial charge is 0.0386 e. The molecule has 2 nitrogen and oxygen atoms in total. The van der Waals surface area contributed by atoms with E-state index in [0.717, 1.165) is 25.2 Å². The van der Waals surface area contributed by atoms with Gasteiger partial charge in [0, 0.05) is 24.5 Å². The lowest BCUT2D eigenvalue weighted by Gasteiger charge is -2.23. The first-order chi connectivity index (χ1) is 8.79. The lowest BCUT2D eigenvalue weighted by molar-refractivity contribution is 0.809. The van der Waals surface area contributed by atoms with Gasteiger partial charge >= 0.3 is 0 Å². The Labute approximate surface area is 109 Å². The minimum atomic E-state index is 0.825. The largest absolute Gasteiger partial charge is 0.399 e. The Balaban J connectivity index is 2.02. The molecule has 0 unspecified atom stereocenters. The molecule has 2 aromatic carbocycles. The van der Waals surface area contributed by atoms with Crippen LogP contribution in [0, 0.1) is 0 Å². The van der Waals surface area contributed by atoms with Crippen LogP contribution < -0.4 is 10.6 Å². The molecule has 0 radical (unpaired) electrons. The number of hydrogen-bond donors (Lipinski definition) is 1. The molecule has 0 aliphatic carbocycles. The van der Waals surface area contributed by atoms with Crippen LogP contribution in [0.5, 0.6) is 0 Å². The van der Waals surface area contributed by atoms with E-state index in [0.29, 0.717) is 0 Å². The monoisotopic (exact) mass is 240 g/mol.